The van der Waals surface area contributed by atoms with Crippen LogP contribution in [-0.4, -0.2) is 37.8 Å². The van der Waals surface area contributed by atoms with Crippen molar-refractivity contribution >= 4 is 34.2 Å². The van der Waals surface area contributed by atoms with Crippen LogP contribution in [0.2, 0.25) is 0 Å². The molecule has 1 saturated heterocycles. The van der Waals surface area contributed by atoms with Crippen LogP contribution in [0.15, 0.2) is 28.7 Å². The van der Waals surface area contributed by atoms with Gasteiger partial charge in [-0.3, -0.25) is 4.79 Å². The normalized spacial score (nSPS) is 16.7. The van der Waals surface area contributed by atoms with Crippen LogP contribution in [0.5, 0.6) is 5.75 Å². The van der Waals surface area contributed by atoms with Crippen molar-refractivity contribution in [1.29, 1.82) is 0 Å². The van der Waals surface area contributed by atoms with E-state index in [0.717, 1.165) is 10.2 Å². The molecule has 0 unspecified atom stereocenters. The summed E-state index contributed by atoms with van der Waals surface area (Å²) in [5.74, 6) is 0.649. The molecule has 1 heterocycles. The minimum atomic E-state index is -0.796. The van der Waals surface area contributed by atoms with E-state index in [1.807, 2.05) is 24.3 Å². The first-order valence-electron chi connectivity index (χ1n) is 6.63. The van der Waals surface area contributed by atoms with Crippen LogP contribution in [0.1, 0.15) is 12.8 Å². The molecule has 1 aromatic carbocycles. The summed E-state index contributed by atoms with van der Waals surface area (Å²) >= 11 is 3.36. The van der Waals surface area contributed by atoms with Gasteiger partial charge in [-0.15, -0.1) is 12.4 Å². The monoisotopic (exact) mass is 378 g/mol. The number of carbonyl (C=O) groups excluding carboxylic acids is 1. The number of benzene rings is 1. The fourth-order valence-electron chi connectivity index (χ4n) is 2.00. The second-order valence-electron chi connectivity index (χ2n) is 4.83. The number of hydrogen-bond donors (Lipinski definition) is 2. The molecule has 0 aromatic heterocycles. The molecule has 118 valence electrons. The van der Waals surface area contributed by atoms with Crippen molar-refractivity contribution in [2.75, 3.05) is 26.4 Å². The summed E-state index contributed by atoms with van der Waals surface area (Å²) in [4.78, 5) is 12.0. The maximum absolute atomic E-state index is 12.0. The molecular formula is C14H20BrClN2O3. The number of nitrogens with two attached hydrogens (primary N) is 1. The maximum atomic E-state index is 12.0. The Labute approximate surface area is 139 Å². The first-order valence-corrected chi connectivity index (χ1v) is 7.43. The molecule has 0 saturated carbocycles. The van der Waals surface area contributed by atoms with Crippen LogP contribution >= 0.6 is 28.3 Å². The predicted molar refractivity (Wildman–Crippen MR) is 86.9 cm³/mol. The van der Waals surface area contributed by atoms with Crippen molar-refractivity contribution in [3.05, 3.63) is 28.7 Å². The Kier molecular flexibility index (Phi) is 7.45. The number of rotatable bonds is 5. The Bertz CT molecular complexity index is 450. The molecule has 0 aliphatic carbocycles. The summed E-state index contributed by atoms with van der Waals surface area (Å²) in [7, 11) is 0. The molecule has 0 radical (unpaired) electrons. The van der Waals surface area contributed by atoms with Gasteiger partial charge in [0.15, 0.2) is 0 Å². The van der Waals surface area contributed by atoms with Crippen molar-refractivity contribution in [2.45, 2.75) is 18.4 Å². The van der Waals surface area contributed by atoms with Crippen LogP contribution < -0.4 is 15.8 Å². The molecule has 3 N–H and O–H groups in total. The molecule has 1 amide bonds. The number of hydrogen-bond acceptors (Lipinski definition) is 4. The molecule has 0 bridgehead atoms. The van der Waals surface area contributed by atoms with Crippen LogP contribution in [-0.2, 0) is 9.53 Å². The van der Waals surface area contributed by atoms with Gasteiger partial charge in [0.1, 0.15) is 12.4 Å². The summed E-state index contributed by atoms with van der Waals surface area (Å²) in [6, 6.07) is 7.55. The first kappa shape index (κ1) is 18.2. The average Bonchev–Trinajstić information content (AvgIpc) is 2.46. The lowest BCUT2D eigenvalue weighted by Gasteiger charge is -2.31. The number of carbonyl (C=O) groups is 1. The van der Waals surface area contributed by atoms with Gasteiger partial charge < -0.3 is 20.5 Å². The molecule has 1 fully saturated rings. The van der Waals surface area contributed by atoms with Gasteiger partial charge >= 0.3 is 0 Å². The lowest BCUT2D eigenvalue weighted by atomic mass is 9.90. The van der Waals surface area contributed by atoms with Gasteiger partial charge in [0.2, 0.25) is 5.91 Å². The first-order chi connectivity index (χ1) is 9.60. The minimum absolute atomic E-state index is 0. The van der Waals surface area contributed by atoms with Crippen LogP contribution in [0.3, 0.4) is 0 Å². The van der Waals surface area contributed by atoms with E-state index in [4.69, 9.17) is 15.2 Å². The van der Waals surface area contributed by atoms with Gasteiger partial charge in [0.05, 0.1) is 12.1 Å². The van der Waals surface area contributed by atoms with Crippen molar-refractivity contribution in [1.82, 2.24) is 5.32 Å². The molecule has 2 rings (SSSR count). The Morgan fingerprint density at radius 3 is 2.57 bits per heavy atom. The lowest BCUT2D eigenvalue weighted by molar-refractivity contribution is -0.129. The maximum Gasteiger partial charge on any atom is 0.240 e. The summed E-state index contributed by atoms with van der Waals surface area (Å²) in [5, 5.41) is 2.82. The van der Waals surface area contributed by atoms with E-state index in [0.29, 0.717) is 39.2 Å². The van der Waals surface area contributed by atoms with Gasteiger partial charge in [-0.1, -0.05) is 15.9 Å². The van der Waals surface area contributed by atoms with E-state index >= 15 is 0 Å². The van der Waals surface area contributed by atoms with Crippen molar-refractivity contribution in [3.63, 3.8) is 0 Å². The Morgan fingerprint density at radius 2 is 1.95 bits per heavy atom. The van der Waals surface area contributed by atoms with E-state index < -0.39 is 5.54 Å². The zero-order valence-electron chi connectivity index (χ0n) is 11.6. The summed E-state index contributed by atoms with van der Waals surface area (Å²) in [5.41, 5.74) is 5.28. The van der Waals surface area contributed by atoms with Crippen molar-refractivity contribution in [3.8, 4) is 5.75 Å². The molecule has 1 aromatic rings. The average molecular weight is 380 g/mol. The molecule has 21 heavy (non-hydrogen) atoms. The molecule has 1 aliphatic heterocycles. The number of ether oxygens (including phenoxy) is 2. The number of amides is 1. The molecule has 5 nitrogen and oxygen atoms in total. The molecular weight excluding hydrogens is 360 g/mol. The quantitative estimate of drug-likeness (QED) is 0.766. The Morgan fingerprint density at radius 1 is 1.33 bits per heavy atom. The zero-order valence-corrected chi connectivity index (χ0v) is 14.0. The second kappa shape index (κ2) is 8.58. The predicted octanol–water partition coefficient (Wildman–Crippen LogP) is 1.87. The fourth-order valence-corrected chi connectivity index (χ4v) is 2.27. The van der Waals surface area contributed by atoms with Gasteiger partial charge in [-0.2, -0.15) is 0 Å². The van der Waals surface area contributed by atoms with E-state index in [9.17, 15) is 4.79 Å². The number of nitrogens with one attached hydrogen (secondary N) is 1. The third kappa shape index (κ3) is 5.47. The summed E-state index contributed by atoms with van der Waals surface area (Å²) < 4.78 is 11.8. The van der Waals surface area contributed by atoms with Crippen molar-refractivity contribution in [2.24, 2.45) is 5.73 Å². The highest BCUT2D eigenvalue weighted by molar-refractivity contribution is 9.10. The summed E-state index contributed by atoms with van der Waals surface area (Å²) in [6.07, 6.45) is 1.12. The Balaban J connectivity index is 0.00000220. The third-order valence-corrected chi connectivity index (χ3v) is 3.84. The minimum Gasteiger partial charge on any atom is -0.492 e. The van der Waals surface area contributed by atoms with Crippen LogP contribution in [0.4, 0.5) is 0 Å². The van der Waals surface area contributed by atoms with Gasteiger partial charge in [-0.05, 0) is 37.1 Å². The largest absolute Gasteiger partial charge is 0.492 e. The molecule has 1 aliphatic rings. The highest BCUT2D eigenvalue weighted by atomic mass is 79.9. The standard InChI is InChI=1S/C14H19BrN2O3.ClH/c15-11-1-3-12(4-2-11)20-10-7-17-13(18)14(16)5-8-19-9-6-14;/h1-4H,5-10,16H2,(H,17,18);1H. The topological polar surface area (TPSA) is 73.6 Å². The SMILES string of the molecule is Cl.NC1(C(=O)NCCOc2ccc(Br)cc2)CCOCC1. The van der Waals surface area contributed by atoms with Crippen molar-refractivity contribution < 1.29 is 14.3 Å². The molecule has 0 spiro atoms. The molecule has 0 atom stereocenters. The number of halogens is 2. The van der Waals surface area contributed by atoms with Gasteiger partial charge in [0, 0.05) is 17.7 Å². The fraction of sp³-hybridized carbons (Fsp3) is 0.500. The second-order valence-corrected chi connectivity index (χ2v) is 5.74. The highest BCUT2D eigenvalue weighted by Crippen LogP contribution is 2.18. The zero-order chi connectivity index (χ0) is 14.4. The van der Waals surface area contributed by atoms with E-state index in [-0.39, 0.29) is 18.3 Å². The van der Waals surface area contributed by atoms with Crippen LogP contribution in [0.25, 0.3) is 0 Å². The van der Waals surface area contributed by atoms with Crippen LogP contribution in [0, 0.1) is 0 Å². The Hall–Kier alpha value is -0.820. The van der Waals surface area contributed by atoms with Gasteiger partial charge in [-0.25, -0.2) is 0 Å². The van der Waals surface area contributed by atoms with E-state index in [1.54, 1.807) is 0 Å². The lowest BCUT2D eigenvalue weighted by Crippen LogP contribution is -2.57. The summed E-state index contributed by atoms with van der Waals surface area (Å²) in [6.45, 7) is 1.94. The third-order valence-electron chi connectivity index (χ3n) is 3.31. The van der Waals surface area contributed by atoms with Gasteiger partial charge in [0.25, 0.3) is 0 Å². The van der Waals surface area contributed by atoms with E-state index in [1.165, 1.54) is 0 Å². The highest BCUT2D eigenvalue weighted by Gasteiger charge is 2.35. The molecule has 7 heteroatoms. The smallest absolute Gasteiger partial charge is 0.240 e. The van der Waals surface area contributed by atoms with E-state index in [2.05, 4.69) is 21.2 Å².